The quantitative estimate of drug-likeness (QED) is 0.445. The second-order valence-corrected chi connectivity index (χ2v) is 6.93. The van der Waals surface area contributed by atoms with E-state index >= 15 is 0 Å². The highest BCUT2D eigenvalue weighted by Crippen LogP contribution is 2.48. The van der Waals surface area contributed by atoms with E-state index in [9.17, 15) is 19.5 Å². The topological polar surface area (TPSA) is 130 Å². The van der Waals surface area contributed by atoms with Crippen LogP contribution in [0, 0.1) is 10.1 Å². The summed E-state index contributed by atoms with van der Waals surface area (Å²) in [5.74, 6) is -0.679. The van der Waals surface area contributed by atoms with Gasteiger partial charge in [-0.15, -0.1) is 0 Å². The molecule has 2 rings (SSSR count). The van der Waals surface area contributed by atoms with Gasteiger partial charge in [-0.25, -0.2) is 9.55 Å². The van der Waals surface area contributed by atoms with E-state index < -0.39 is 18.7 Å². The number of aromatic nitrogens is 1. The van der Waals surface area contributed by atoms with Gasteiger partial charge in [0, 0.05) is 14.2 Å². The van der Waals surface area contributed by atoms with E-state index in [-0.39, 0.29) is 21.4 Å². The maximum absolute atomic E-state index is 12.3. The van der Waals surface area contributed by atoms with Crippen molar-refractivity contribution in [2.24, 2.45) is 0 Å². The fourth-order valence-corrected chi connectivity index (χ4v) is 2.90. The maximum Gasteiger partial charge on any atom is 0.529 e. The van der Waals surface area contributed by atoms with Gasteiger partial charge in [-0.2, -0.15) is 0 Å². The maximum atomic E-state index is 12.3. The first-order valence-corrected chi connectivity index (χ1v) is 8.58. The van der Waals surface area contributed by atoms with Gasteiger partial charge in [0.15, 0.2) is 5.13 Å². The molecule has 1 aromatic carbocycles. The molecule has 24 heavy (non-hydrogen) atoms. The van der Waals surface area contributed by atoms with Crippen molar-refractivity contribution in [1.29, 1.82) is 0 Å². The van der Waals surface area contributed by atoms with Crippen LogP contribution in [0.15, 0.2) is 30.5 Å². The summed E-state index contributed by atoms with van der Waals surface area (Å²) >= 11 is 0.705. The Labute approximate surface area is 140 Å². The molecule has 0 bridgehead atoms. The summed E-state index contributed by atoms with van der Waals surface area (Å²) in [7, 11) is -1.56. The Morgan fingerprint density at radius 2 is 2.00 bits per heavy atom. The highest BCUT2D eigenvalue weighted by atomic mass is 32.1. The summed E-state index contributed by atoms with van der Waals surface area (Å²) in [5.41, 5.74) is 0.0321. The van der Waals surface area contributed by atoms with E-state index in [1.165, 1.54) is 12.1 Å². The van der Waals surface area contributed by atoms with Crippen LogP contribution in [0.5, 0.6) is 5.75 Å². The number of nitro groups is 1. The monoisotopic (exact) mass is 373 g/mol. The molecular formula is C12H12N3O7PS. The van der Waals surface area contributed by atoms with Gasteiger partial charge in [0.05, 0.1) is 10.5 Å². The average Bonchev–Trinajstić information content (AvgIpc) is 3.04. The number of nitrogens with one attached hydrogen (secondary N) is 1. The summed E-state index contributed by atoms with van der Waals surface area (Å²) < 4.78 is 26.5. The molecule has 0 fully saturated rings. The molecule has 128 valence electrons. The van der Waals surface area contributed by atoms with E-state index in [4.69, 9.17) is 4.52 Å². The molecule has 1 amide bonds. The van der Waals surface area contributed by atoms with Gasteiger partial charge in [0.25, 0.3) is 5.91 Å². The molecule has 2 aromatic rings. The van der Waals surface area contributed by atoms with Gasteiger partial charge in [-0.3, -0.25) is 29.3 Å². The van der Waals surface area contributed by atoms with E-state index in [0.717, 1.165) is 20.4 Å². The lowest BCUT2D eigenvalue weighted by atomic mass is 10.2. The molecule has 1 aromatic heterocycles. The van der Waals surface area contributed by atoms with Crippen molar-refractivity contribution < 1.29 is 27.9 Å². The standard InChI is InChI=1S/C12H12N3O7PS/c1-20-23(19,21-2)22-9-6-4-3-5-8(9)11(16)14-12-13-7-10(24-12)15(17)18/h3-7H,1-2H3,(H,13,14,16). The molecule has 0 saturated heterocycles. The van der Waals surface area contributed by atoms with Gasteiger partial charge >= 0.3 is 12.8 Å². The predicted molar refractivity (Wildman–Crippen MR) is 85.4 cm³/mol. The first-order chi connectivity index (χ1) is 11.4. The van der Waals surface area contributed by atoms with Crippen molar-refractivity contribution in [3.8, 4) is 5.75 Å². The lowest BCUT2D eigenvalue weighted by molar-refractivity contribution is -0.380. The summed E-state index contributed by atoms with van der Waals surface area (Å²) in [5, 5.41) is 12.9. The molecule has 0 saturated carbocycles. The number of rotatable bonds is 7. The Morgan fingerprint density at radius 3 is 2.58 bits per heavy atom. The lowest BCUT2D eigenvalue weighted by Gasteiger charge is -2.16. The van der Waals surface area contributed by atoms with Crippen molar-refractivity contribution in [2.75, 3.05) is 19.5 Å². The fraction of sp³-hybridized carbons (Fsp3) is 0.167. The zero-order valence-corrected chi connectivity index (χ0v) is 14.2. The molecule has 12 heteroatoms. The fourth-order valence-electron chi connectivity index (χ4n) is 1.58. The van der Waals surface area contributed by atoms with Gasteiger partial charge < -0.3 is 4.52 Å². The third-order valence-electron chi connectivity index (χ3n) is 2.68. The molecule has 10 nitrogen and oxygen atoms in total. The molecule has 0 unspecified atom stereocenters. The number of hydrogen-bond donors (Lipinski definition) is 1. The Hall–Kier alpha value is -2.33. The normalized spacial score (nSPS) is 11.1. The number of amides is 1. The Bertz CT molecular complexity index is 801. The summed E-state index contributed by atoms with van der Waals surface area (Å²) in [6.45, 7) is 0. The second-order valence-electron chi connectivity index (χ2n) is 4.11. The zero-order chi connectivity index (χ0) is 17.7. The predicted octanol–water partition coefficient (Wildman–Crippen LogP) is 3.08. The number of benzene rings is 1. The number of phosphoric acid groups is 1. The van der Waals surface area contributed by atoms with Crippen molar-refractivity contribution >= 4 is 35.2 Å². The van der Waals surface area contributed by atoms with E-state index in [1.807, 2.05) is 0 Å². The van der Waals surface area contributed by atoms with Crippen LogP contribution in [-0.4, -0.2) is 30.0 Å². The SMILES string of the molecule is COP(=O)(OC)Oc1ccccc1C(=O)Nc1ncc([N+](=O)[O-])s1. The molecule has 0 aliphatic rings. The van der Waals surface area contributed by atoms with Gasteiger partial charge in [0.1, 0.15) is 11.9 Å². The number of carbonyl (C=O) groups is 1. The Kier molecular flexibility index (Phi) is 5.62. The van der Waals surface area contributed by atoms with Crippen LogP contribution < -0.4 is 9.84 Å². The van der Waals surface area contributed by atoms with E-state index in [0.29, 0.717) is 11.3 Å². The number of para-hydroxylation sites is 1. The van der Waals surface area contributed by atoms with Crippen molar-refractivity contribution in [3.63, 3.8) is 0 Å². The molecule has 0 aliphatic heterocycles. The minimum Gasteiger partial charge on any atom is -0.403 e. The van der Waals surface area contributed by atoms with Crippen LogP contribution >= 0.6 is 19.2 Å². The number of carbonyl (C=O) groups excluding carboxylic acids is 1. The second kappa shape index (κ2) is 7.49. The third-order valence-corrected chi connectivity index (χ3v) is 4.86. The first kappa shape index (κ1) is 18.0. The van der Waals surface area contributed by atoms with Crippen LogP contribution in [0.1, 0.15) is 10.4 Å². The molecule has 0 spiro atoms. The molecule has 1 N–H and O–H groups in total. The van der Waals surface area contributed by atoms with Crippen LogP contribution in [0.25, 0.3) is 0 Å². The summed E-state index contributed by atoms with van der Waals surface area (Å²) in [6, 6.07) is 5.96. The van der Waals surface area contributed by atoms with Crippen LogP contribution in [0.4, 0.5) is 10.1 Å². The Morgan fingerprint density at radius 1 is 1.33 bits per heavy atom. The average molecular weight is 373 g/mol. The van der Waals surface area contributed by atoms with Crippen molar-refractivity contribution in [3.05, 3.63) is 46.1 Å². The van der Waals surface area contributed by atoms with Crippen molar-refractivity contribution in [2.45, 2.75) is 0 Å². The third kappa shape index (κ3) is 4.15. The highest BCUT2D eigenvalue weighted by Gasteiger charge is 2.27. The molecular weight excluding hydrogens is 361 g/mol. The first-order valence-electron chi connectivity index (χ1n) is 6.30. The largest absolute Gasteiger partial charge is 0.529 e. The van der Waals surface area contributed by atoms with Crippen LogP contribution in [0.2, 0.25) is 0 Å². The molecule has 1 heterocycles. The zero-order valence-electron chi connectivity index (χ0n) is 12.5. The van der Waals surface area contributed by atoms with Gasteiger partial charge in [0.2, 0.25) is 0 Å². The van der Waals surface area contributed by atoms with Gasteiger partial charge in [-0.1, -0.05) is 12.1 Å². The molecule has 0 radical (unpaired) electrons. The highest BCUT2D eigenvalue weighted by molar-refractivity contribution is 7.48. The Balaban J connectivity index is 2.23. The van der Waals surface area contributed by atoms with E-state index in [2.05, 4.69) is 19.3 Å². The van der Waals surface area contributed by atoms with Gasteiger partial charge in [-0.05, 0) is 23.5 Å². The molecule has 0 atom stereocenters. The van der Waals surface area contributed by atoms with Crippen molar-refractivity contribution in [1.82, 2.24) is 4.98 Å². The summed E-state index contributed by atoms with van der Waals surface area (Å²) in [6.07, 6.45) is 1.03. The number of hydrogen-bond acceptors (Lipinski definition) is 9. The van der Waals surface area contributed by atoms with Crippen LogP contribution in [0.3, 0.4) is 0 Å². The summed E-state index contributed by atoms with van der Waals surface area (Å²) in [4.78, 5) is 26.1. The van der Waals surface area contributed by atoms with E-state index in [1.54, 1.807) is 12.1 Å². The van der Waals surface area contributed by atoms with Crippen LogP contribution in [-0.2, 0) is 13.6 Å². The lowest BCUT2D eigenvalue weighted by Crippen LogP contribution is -2.13. The number of nitrogens with zero attached hydrogens (tertiary/aromatic N) is 2. The molecule has 0 aliphatic carbocycles. The minimum absolute atomic E-state index is 0.0321. The minimum atomic E-state index is -3.84. The number of phosphoric ester groups is 1. The number of thiazole rings is 1. The smallest absolute Gasteiger partial charge is 0.403 e. The number of anilines is 1.